The van der Waals surface area contributed by atoms with Gasteiger partial charge in [0.15, 0.2) is 13.0 Å². The number of hydrogen-bond donors (Lipinski definition) is 0. The summed E-state index contributed by atoms with van der Waals surface area (Å²) in [7, 11) is 0. The third-order valence-electron chi connectivity index (χ3n) is 2.25. The maximum Gasteiger partial charge on any atom is 0.214 e. The van der Waals surface area contributed by atoms with Crippen molar-refractivity contribution in [3.05, 3.63) is 23.8 Å². The van der Waals surface area contributed by atoms with Gasteiger partial charge in [-0.3, -0.25) is 0 Å². The van der Waals surface area contributed by atoms with E-state index in [9.17, 15) is 0 Å². The topological polar surface area (TPSA) is 0 Å². The van der Waals surface area contributed by atoms with E-state index in [0.29, 0.717) is 5.92 Å². The van der Waals surface area contributed by atoms with Gasteiger partial charge >= 0.3 is 0 Å². The molecule has 0 aromatic carbocycles. The molecule has 11 heavy (non-hydrogen) atoms. The lowest BCUT2D eigenvalue weighted by Gasteiger charge is -1.99. The predicted octanol–water partition coefficient (Wildman–Crippen LogP) is 3.36. The Hall–Kier alpha value is -0.610. The van der Waals surface area contributed by atoms with Gasteiger partial charge in [0, 0.05) is 11.8 Å². The minimum atomic E-state index is 0.682. The first-order valence-electron chi connectivity index (χ1n) is 4.50. The van der Waals surface area contributed by atoms with Crippen LogP contribution in [0.1, 0.15) is 33.6 Å². The van der Waals surface area contributed by atoms with Gasteiger partial charge in [0.1, 0.15) is 0 Å². The van der Waals surface area contributed by atoms with Gasteiger partial charge in [-0.15, -0.1) is 0 Å². The third kappa shape index (κ3) is 2.17. The lowest BCUT2D eigenvalue weighted by Crippen LogP contribution is -1.95. The average molecular weight is 149 g/mol. The lowest BCUT2D eigenvalue weighted by atomic mass is 10.0. The van der Waals surface area contributed by atoms with Crippen LogP contribution in [0.15, 0.2) is 17.7 Å². The van der Waals surface area contributed by atoms with Crippen molar-refractivity contribution in [3.8, 4) is 0 Å². The molecule has 60 valence electrons. The van der Waals surface area contributed by atoms with Gasteiger partial charge in [-0.1, -0.05) is 31.9 Å². The molecule has 0 saturated heterocycles. The fourth-order valence-corrected chi connectivity index (χ4v) is 1.58. The van der Waals surface area contributed by atoms with Gasteiger partial charge in [0.05, 0.1) is 0 Å². The van der Waals surface area contributed by atoms with E-state index in [1.54, 1.807) is 5.57 Å². The molecular formula is C11H17+. The van der Waals surface area contributed by atoms with E-state index in [0.717, 1.165) is 5.92 Å². The molecule has 0 spiro atoms. The highest BCUT2D eigenvalue weighted by Crippen LogP contribution is 2.39. The van der Waals surface area contributed by atoms with Crippen LogP contribution in [0, 0.1) is 17.9 Å². The first-order chi connectivity index (χ1) is 5.29. The zero-order valence-corrected chi connectivity index (χ0v) is 7.72. The van der Waals surface area contributed by atoms with Crippen LogP contribution in [0.4, 0.5) is 0 Å². The van der Waals surface area contributed by atoms with Crippen molar-refractivity contribution in [2.75, 3.05) is 0 Å². The van der Waals surface area contributed by atoms with E-state index in [-0.39, 0.29) is 0 Å². The molecule has 0 radical (unpaired) electrons. The first-order valence-corrected chi connectivity index (χ1v) is 4.50. The van der Waals surface area contributed by atoms with Crippen molar-refractivity contribution in [1.82, 2.24) is 0 Å². The van der Waals surface area contributed by atoms with Crippen LogP contribution in [0.2, 0.25) is 0 Å². The molecule has 0 aromatic rings. The monoisotopic (exact) mass is 149 g/mol. The zero-order chi connectivity index (χ0) is 8.27. The second-order valence-electron chi connectivity index (χ2n) is 3.33. The molecule has 1 aliphatic rings. The quantitative estimate of drug-likeness (QED) is 0.424. The van der Waals surface area contributed by atoms with Crippen molar-refractivity contribution >= 4 is 0 Å². The predicted molar refractivity (Wildman–Crippen MR) is 49.1 cm³/mol. The molecule has 0 aliphatic heterocycles. The van der Waals surface area contributed by atoms with Gasteiger partial charge in [0.2, 0.25) is 6.08 Å². The molecular weight excluding hydrogens is 132 g/mol. The molecule has 1 aliphatic carbocycles. The molecule has 0 amide bonds. The highest BCUT2D eigenvalue weighted by atomic mass is 14.3. The van der Waals surface area contributed by atoms with Crippen molar-refractivity contribution in [2.45, 2.75) is 33.6 Å². The molecule has 0 heteroatoms. The Balaban J connectivity index is 2.23. The number of rotatable bonds is 4. The van der Waals surface area contributed by atoms with E-state index in [1.807, 2.05) is 6.92 Å². The molecule has 2 unspecified atom stereocenters. The maximum atomic E-state index is 3.09. The second kappa shape index (κ2) is 3.69. The standard InChI is InChI=1S/C11H17/c1-4-6-9(3)11-8-10(11)7-5-2/h6,8-9,11H,5,7H2,1-3H3/q+1. The Morgan fingerprint density at radius 2 is 2.45 bits per heavy atom. The minimum absolute atomic E-state index is 0.682. The Morgan fingerprint density at radius 3 is 3.00 bits per heavy atom. The Kier molecular flexibility index (Phi) is 2.84. The molecule has 1 rings (SSSR count). The summed E-state index contributed by atoms with van der Waals surface area (Å²) in [6.07, 6.45) is 10.2. The third-order valence-corrected chi connectivity index (χ3v) is 2.25. The Bertz CT molecular complexity index is 174. The smallest absolute Gasteiger partial charge is 0.0768 e. The van der Waals surface area contributed by atoms with Crippen LogP contribution in [0.5, 0.6) is 0 Å². The van der Waals surface area contributed by atoms with Crippen molar-refractivity contribution in [1.29, 1.82) is 0 Å². The van der Waals surface area contributed by atoms with Crippen molar-refractivity contribution in [2.24, 2.45) is 11.8 Å². The maximum absolute atomic E-state index is 3.09. The van der Waals surface area contributed by atoms with Gasteiger partial charge < -0.3 is 0 Å². The summed E-state index contributed by atoms with van der Waals surface area (Å²) in [5.74, 6) is 1.46. The van der Waals surface area contributed by atoms with Crippen LogP contribution in [0.25, 0.3) is 0 Å². The van der Waals surface area contributed by atoms with Crippen molar-refractivity contribution < 1.29 is 0 Å². The van der Waals surface area contributed by atoms with E-state index < -0.39 is 0 Å². The summed E-state index contributed by atoms with van der Waals surface area (Å²) in [6, 6.07) is 0. The molecule has 2 atom stereocenters. The summed E-state index contributed by atoms with van der Waals surface area (Å²) in [4.78, 5) is 0. The van der Waals surface area contributed by atoms with Gasteiger partial charge in [0.25, 0.3) is 0 Å². The zero-order valence-electron chi connectivity index (χ0n) is 7.72. The summed E-state index contributed by atoms with van der Waals surface area (Å²) < 4.78 is 0. The summed E-state index contributed by atoms with van der Waals surface area (Å²) in [6.45, 7) is 6.47. The van der Waals surface area contributed by atoms with Crippen LogP contribution in [0.3, 0.4) is 0 Å². The molecule has 0 nitrogen and oxygen atoms in total. The highest BCUT2D eigenvalue weighted by Gasteiger charge is 2.29. The molecule has 0 heterocycles. The van der Waals surface area contributed by atoms with E-state index in [4.69, 9.17) is 0 Å². The fraction of sp³-hybridized carbons (Fsp3) is 0.636. The SMILES string of the molecule is C[C+]=CC(C)C1C=C1CCC. The van der Waals surface area contributed by atoms with Gasteiger partial charge in [-0.25, -0.2) is 0 Å². The molecule has 0 N–H and O–H groups in total. The molecule has 0 bridgehead atoms. The van der Waals surface area contributed by atoms with Crippen LogP contribution in [-0.4, -0.2) is 0 Å². The number of hydrogen-bond acceptors (Lipinski definition) is 0. The second-order valence-corrected chi connectivity index (χ2v) is 3.33. The van der Waals surface area contributed by atoms with Crippen LogP contribution in [-0.2, 0) is 0 Å². The minimum Gasteiger partial charge on any atom is -0.0768 e. The summed E-state index contributed by atoms with van der Waals surface area (Å²) in [5, 5.41) is 0. The molecule has 0 fully saturated rings. The summed E-state index contributed by atoms with van der Waals surface area (Å²) in [5.41, 5.74) is 1.66. The van der Waals surface area contributed by atoms with Gasteiger partial charge in [-0.05, 0) is 6.42 Å². The lowest BCUT2D eigenvalue weighted by molar-refractivity contribution is 0.637. The van der Waals surface area contributed by atoms with Crippen molar-refractivity contribution in [3.63, 3.8) is 0 Å². The van der Waals surface area contributed by atoms with Crippen LogP contribution < -0.4 is 0 Å². The summed E-state index contributed by atoms with van der Waals surface area (Å²) >= 11 is 0. The molecule has 0 saturated carbocycles. The van der Waals surface area contributed by atoms with Gasteiger partial charge in [-0.2, -0.15) is 0 Å². The first kappa shape index (κ1) is 8.49. The normalized spacial score (nSPS) is 24.6. The Labute approximate surface area is 70.0 Å². The van der Waals surface area contributed by atoms with Crippen LogP contribution >= 0.6 is 0 Å². The highest BCUT2D eigenvalue weighted by molar-refractivity contribution is 5.31. The van der Waals surface area contributed by atoms with E-state index in [1.165, 1.54) is 12.8 Å². The average Bonchev–Trinajstić information content (AvgIpc) is 2.69. The molecule has 0 aromatic heterocycles. The Morgan fingerprint density at radius 1 is 1.73 bits per heavy atom. The fourth-order valence-electron chi connectivity index (χ4n) is 1.58. The van der Waals surface area contributed by atoms with E-state index >= 15 is 0 Å². The number of allylic oxidation sites excluding steroid dienone is 4. The largest absolute Gasteiger partial charge is 0.214 e. The van der Waals surface area contributed by atoms with E-state index in [2.05, 4.69) is 32.1 Å².